The Morgan fingerprint density at radius 2 is 1.88 bits per heavy atom. The molecule has 1 aromatic carbocycles. The lowest BCUT2D eigenvalue weighted by molar-refractivity contribution is -0.137. The van der Waals surface area contributed by atoms with Crippen LogP contribution in [-0.4, -0.2) is 23.1 Å². The van der Waals surface area contributed by atoms with E-state index >= 15 is 0 Å². The number of benzene rings is 1. The first-order valence-corrected chi connectivity index (χ1v) is 7.00. The van der Waals surface area contributed by atoms with Gasteiger partial charge in [-0.1, -0.05) is 5.16 Å². The lowest BCUT2D eigenvalue weighted by atomic mass is 10.2. The van der Waals surface area contributed by atoms with Gasteiger partial charge in [-0.15, -0.1) is 0 Å². The van der Waals surface area contributed by atoms with Crippen LogP contribution in [0, 0.1) is 6.92 Å². The fourth-order valence-corrected chi connectivity index (χ4v) is 1.89. The van der Waals surface area contributed by atoms with Crippen LogP contribution in [0.1, 0.15) is 28.5 Å². The van der Waals surface area contributed by atoms with Crippen molar-refractivity contribution in [2.24, 2.45) is 0 Å². The van der Waals surface area contributed by atoms with Crippen molar-refractivity contribution in [2.45, 2.75) is 26.1 Å². The molecule has 0 radical (unpaired) electrons. The van der Waals surface area contributed by atoms with Gasteiger partial charge in [0.1, 0.15) is 5.56 Å². The number of amides is 1. The molecule has 0 aliphatic rings. The monoisotopic (exact) mass is 357 g/mol. The van der Waals surface area contributed by atoms with Gasteiger partial charge in [0.25, 0.3) is 5.91 Å². The molecule has 134 valence electrons. The summed E-state index contributed by atoms with van der Waals surface area (Å²) in [5.41, 5.74) is 4.84. The van der Waals surface area contributed by atoms with Crippen LogP contribution in [0.2, 0.25) is 0 Å². The highest BCUT2D eigenvalue weighted by Gasteiger charge is 2.30. The average Bonchev–Trinajstić information content (AvgIpc) is 2.85. The number of esters is 1. The summed E-state index contributed by atoms with van der Waals surface area (Å²) in [5.74, 6) is -1.86. The van der Waals surface area contributed by atoms with E-state index in [-0.39, 0.29) is 22.8 Å². The Hall–Kier alpha value is -3.04. The van der Waals surface area contributed by atoms with Crippen LogP contribution < -0.4 is 11.1 Å². The number of ether oxygens (including phenoxy) is 1. The minimum atomic E-state index is -4.47. The fourth-order valence-electron chi connectivity index (χ4n) is 1.89. The van der Waals surface area contributed by atoms with Gasteiger partial charge in [0, 0.05) is 5.69 Å². The Morgan fingerprint density at radius 3 is 2.36 bits per heavy atom. The smallest absolute Gasteiger partial charge is 0.416 e. The van der Waals surface area contributed by atoms with Crippen molar-refractivity contribution in [1.29, 1.82) is 0 Å². The van der Waals surface area contributed by atoms with E-state index in [4.69, 9.17) is 10.5 Å². The van der Waals surface area contributed by atoms with Crippen LogP contribution in [0.25, 0.3) is 0 Å². The Labute approximate surface area is 139 Å². The molecular formula is C15H14F3N3O4. The zero-order chi connectivity index (χ0) is 18.8. The summed E-state index contributed by atoms with van der Waals surface area (Å²) in [6.07, 6.45) is -5.69. The molecule has 1 atom stereocenters. The van der Waals surface area contributed by atoms with Crippen LogP contribution in [0.3, 0.4) is 0 Å². The first kappa shape index (κ1) is 18.3. The molecule has 3 N–H and O–H groups in total. The van der Waals surface area contributed by atoms with Gasteiger partial charge < -0.3 is 20.3 Å². The van der Waals surface area contributed by atoms with Gasteiger partial charge >= 0.3 is 12.1 Å². The molecule has 0 fully saturated rings. The van der Waals surface area contributed by atoms with E-state index < -0.39 is 29.7 Å². The number of carbonyl (C=O) groups is 2. The largest absolute Gasteiger partial charge is 0.449 e. The van der Waals surface area contributed by atoms with Crippen LogP contribution in [0.4, 0.5) is 24.7 Å². The molecule has 0 unspecified atom stereocenters. The summed E-state index contributed by atoms with van der Waals surface area (Å²) in [6.45, 7) is 2.78. The molecule has 0 bridgehead atoms. The van der Waals surface area contributed by atoms with E-state index in [0.29, 0.717) is 0 Å². The van der Waals surface area contributed by atoms with E-state index in [2.05, 4.69) is 15.0 Å². The first-order chi connectivity index (χ1) is 11.6. The highest BCUT2D eigenvalue weighted by molar-refractivity contribution is 5.99. The molecule has 0 aliphatic heterocycles. The number of aryl methyl sites for hydroxylation is 1. The van der Waals surface area contributed by atoms with Crippen molar-refractivity contribution in [3.05, 3.63) is 41.1 Å². The Kier molecular flexibility index (Phi) is 5.00. The van der Waals surface area contributed by atoms with Crippen molar-refractivity contribution in [3.63, 3.8) is 0 Å². The highest BCUT2D eigenvalue weighted by atomic mass is 19.4. The van der Waals surface area contributed by atoms with E-state index in [1.165, 1.54) is 13.8 Å². The SMILES string of the molecule is Cc1noc(N)c1C(=O)O[C@H](C)C(=O)Nc1ccc(C(F)(F)F)cc1. The summed E-state index contributed by atoms with van der Waals surface area (Å²) in [7, 11) is 0. The maximum atomic E-state index is 12.5. The van der Waals surface area contributed by atoms with E-state index in [0.717, 1.165) is 24.3 Å². The standard InChI is InChI=1S/C15H14F3N3O4/c1-7-11(12(19)25-21-7)14(23)24-8(2)13(22)20-10-5-3-9(4-6-10)15(16,17)18/h3-6,8H,19H2,1-2H3,(H,20,22)/t8-/m1/s1. The molecule has 1 heterocycles. The van der Waals surface area contributed by atoms with Crippen molar-refractivity contribution in [3.8, 4) is 0 Å². The second-order valence-electron chi connectivity index (χ2n) is 5.12. The van der Waals surface area contributed by atoms with Gasteiger partial charge in [0.2, 0.25) is 5.88 Å². The predicted molar refractivity (Wildman–Crippen MR) is 80.6 cm³/mol. The van der Waals surface area contributed by atoms with Crippen LogP contribution in [-0.2, 0) is 15.7 Å². The number of hydrogen-bond acceptors (Lipinski definition) is 6. The molecule has 25 heavy (non-hydrogen) atoms. The molecule has 1 amide bonds. The van der Waals surface area contributed by atoms with Crippen molar-refractivity contribution < 1.29 is 32.0 Å². The minimum absolute atomic E-state index is 0.0887. The Morgan fingerprint density at radius 1 is 1.28 bits per heavy atom. The number of nitrogen functional groups attached to an aromatic ring is 1. The summed E-state index contributed by atoms with van der Waals surface area (Å²) in [5, 5.41) is 5.84. The zero-order valence-electron chi connectivity index (χ0n) is 13.2. The summed E-state index contributed by atoms with van der Waals surface area (Å²) >= 11 is 0. The molecule has 0 aliphatic carbocycles. The maximum Gasteiger partial charge on any atom is 0.416 e. The number of anilines is 2. The van der Waals surface area contributed by atoms with Gasteiger partial charge in [0.05, 0.1) is 11.3 Å². The third-order valence-electron chi connectivity index (χ3n) is 3.23. The van der Waals surface area contributed by atoms with E-state index in [1.807, 2.05) is 0 Å². The number of rotatable bonds is 4. The lowest BCUT2D eigenvalue weighted by Crippen LogP contribution is -2.30. The van der Waals surface area contributed by atoms with Crippen LogP contribution >= 0.6 is 0 Å². The molecule has 0 saturated carbocycles. The number of nitrogens with one attached hydrogen (secondary N) is 1. The molecular weight excluding hydrogens is 343 g/mol. The fraction of sp³-hybridized carbons (Fsp3) is 0.267. The van der Waals surface area contributed by atoms with Gasteiger partial charge in [-0.2, -0.15) is 13.2 Å². The third kappa shape index (κ3) is 4.28. The summed E-state index contributed by atoms with van der Waals surface area (Å²) < 4.78 is 47.0. The topological polar surface area (TPSA) is 107 Å². The number of nitrogens with zero attached hydrogens (tertiary/aromatic N) is 1. The molecule has 2 aromatic rings. The van der Waals surface area contributed by atoms with Crippen LogP contribution in [0.15, 0.2) is 28.8 Å². The molecule has 0 spiro atoms. The number of carbonyl (C=O) groups excluding carboxylic acids is 2. The van der Waals surface area contributed by atoms with Gasteiger partial charge in [0.15, 0.2) is 6.10 Å². The average molecular weight is 357 g/mol. The lowest BCUT2D eigenvalue weighted by Gasteiger charge is -2.14. The first-order valence-electron chi connectivity index (χ1n) is 7.00. The quantitative estimate of drug-likeness (QED) is 0.815. The van der Waals surface area contributed by atoms with Crippen molar-refractivity contribution in [1.82, 2.24) is 5.16 Å². The summed E-state index contributed by atoms with van der Waals surface area (Å²) in [4.78, 5) is 24.0. The number of alkyl halides is 3. The molecule has 10 heteroatoms. The summed E-state index contributed by atoms with van der Waals surface area (Å²) in [6, 6.07) is 3.84. The maximum absolute atomic E-state index is 12.5. The second kappa shape index (κ2) is 6.83. The number of aromatic nitrogens is 1. The third-order valence-corrected chi connectivity index (χ3v) is 3.23. The molecule has 0 saturated heterocycles. The number of hydrogen-bond donors (Lipinski definition) is 2. The van der Waals surface area contributed by atoms with Crippen molar-refractivity contribution in [2.75, 3.05) is 11.1 Å². The van der Waals surface area contributed by atoms with Crippen molar-refractivity contribution >= 4 is 23.4 Å². The van der Waals surface area contributed by atoms with E-state index in [1.54, 1.807) is 0 Å². The number of nitrogens with two attached hydrogens (primary N) is 1. The molecule has 1 aromatic heterocycles. The van der Waals surface area contributed by atoms with Gasteiger partial charge in [-0.05, 0) is 38.1 Å². The molecule has 2 rings (SSSR count). The van der Waals surface area contributed by atoms with E-state index in [9.17, 15) is 22.8 Å². The second-order valence-corrected chi connectivity index (χ2v) is 5.12. The molecule has 7 nitrogen and oxygen atoms in total. The predicted octanol–water partition coefficient (Wildman–Crippen LogP) is 2.77. The van der Waals surface area contributed by atoms with Gasteiger partial charge in [-0.25, -0.2) is 4.79 Å². The Bertz CT molecular complexity index is 765. The highest BCUT2D eigenvalue weighted by Crippen LogP contribution is 2.29. The van der Waals surface area contributed by atoms with Crippen LogP contribution in [0.5, 0.6) is 0 Å². The zero-order valence-corrected chi connectivity index (χ0v) is 13.2. The Balaban J connectivity index is 2.00. The van der Waals surface area contributed by atoms with Gasteiger partial charge in [-0.3, -0.25) is 4.79 Å². The normalized spacial score (nSPS) is 12.5. The minimum Gasteiger partial charge on any atom is -0.449 e. The number of halogens is 3.